The minimum atomic E-state index is -0.0363. The molecule has 2 aliphatic rings. The maximum Gasteiger partial charge on any atom is 0.317 e. The lowest BCUT2D eigenvalue weighted by Gasteiger charge is -2.36. The third-order valence-electron chi connectivity index (χ3n) is 3.71. The number of carbonyl (C=O) groups excluding carboxylic acids is 2. The molecule has 2 N–H and O–H groups in total. The predicted octanol–water partition coefficient (Wildman–Crippen LogP) is 0.474. The van der Waals surface area contributed by atoms with Crippen molar-refractivity contribution >= 4 is 11.9 Å². The summed E-state index contributed by atoms with van der Waals surface area (Å²) < 4.78 is 5.46. The topological polar surface area (TPSA) is 70.7 Å². The summed E-state index contributed by atoms with van der Waals surface area (Å²) >= 11 is 0. The fraction of sp³-hybridized carbons (Fsp3) is 0.846. The van der Waals surface area contributed by atoms with E-state index in [-0.39, 0.29) is 24.0 Å². The Morgan fingerprint density at radius 1 is 1.26 bits per heavy atom. The Morgan fingerprint density at radius 2 is 2.00 bits per heavy atom. The molecule has 1 aliphatic carbocycles. The van der Waals surface area contributed by atoms with E-state index in [0.717, 1.165) is 25.9 Å². The van der Waals surface area contributed by atoms with Gasteiger partial charge >= 0.3 is 6.03 Å². The second-order valence-corrected chi connectivity index (χ2v) is 5.33. The number of amides is 3. The number of likely N-dealkylation sites (tertiary alicyclic amines) is 1. The number of hydrogen-bond acceptors (Lipinski definition) is 3. The van der Waals surface area contributed by atoms with E-state index in [1.807, 2.05) is 6.92 Å². The fourth-order valence-electron chi connectivity index (χ4n) is 2.67. The highest BCUT2D eigenvalue weighted by molar-refractivity contribution is 5.76. The zero-order valence-electron chi connectivity index (χ0n) is 11.6. The highest BCUT2D eigenvalue weighted by Crippen LogP contribution is 2.23. The van der Waals surface area contributed by atoms with Crippen LogP contribution < -0.4 is 10.6 Å². The molecule has 2 rings (SSSR count). The first-order valence-corrected chi connectivity index (χ1v) is 7.02. The minimum absolute atomic E-state index is 0.0206. The predicted molar refractivity (Wildman–Crippen MR) is 70.8 cm³/mol. The van der Waals surface area contributed by atoms with Crippen LogP contribution in [0.3, 0.4) is 0 Å². The van der Waals surface area contributed by atoms with Gasteiger partial charge in [-0.1, -0.05) is 0 Å². The normalized spacial score (nSPS) is 29.8. The summed E-state index contributed by atoms with van der Waals surface area (Å²) in [6.07, 6.45) is 2.95. The fourth-order valence-corrected chi connectivity index (χ4v) is 2.67. The van der Waals surface area contributed by atoms with E-state index in [0.29, 0.717) is 19.2 Å². The van der Waals surface area contributed by atoms with Gasteiger partial charge in [0.1, 0.15) is 0 Å². The zero-order valence-corrected chi connectivity index (χ0v) is 11.6. The Morgan fingerprint density at radius 3 is 2.63 bits per heavy atom. The van der Waals surface area contributed by atoms with Gasteiger partial charge in [0.15, 0.2) is 0 Å². The van der Waals surface area contributed by atoms with Crippen LogP contribution in [0.1, 0.15) is 33.1 Å². The van der Waals surface area contributed by atoms with Crippen molar-refractivity contribution in [2.75, 3.05) is 19.7 Å². The molecule has 1 atom stereocenters. The Kier molecular flexibility index (Phi) is 4.63. The first kappa shape index (κ1) is 14.1. The molecule has 2 fully saturated rings. The second kappa shape index (κ2) is 6.23. The van der Waals surface area contributed by atoms with Crippen LogP contribution in [0.5, 0.6) is 0 Å². The highest BCUT2D eigenvalue weighted by atomic mass is 16.5. The van der Waals surface area contributed by atoms with Crippen LogP contribution in [-0.4, -0.2) is 54.7 Å². The van der Waals surface area contributed by atoms with Crippen LogP contribution in [-0.2, 0) is 9.53 Å². The molecule has 0 spiro atoms. The molecule has 1 unspecified atom stereocenters. The zero-order chi connectivity index (χ0) is 13.8. The molecule has 0 radical (unpaired) electrons. The maximum atomic E-state index is 12.0. The lowest BCUT2D eigenvalue weighted by Crippen LogP contribution is -2.52. The number of carbonyl (C=O) groups is 2. The average Bonchev–Trinajstić information content (AvgIpc) is 2.73. The largest absolute Gasteiger partial charge is 0.378 e. The maximum absolute atomic E-state index is 12.0. The van der Waals surface area contributed by atoms with Gasteiger partial charge in [0.2, 0.25) is 5.91 Å². The van der Waals surface area contributed by atoms with E-state index in [2.05, 4.69) is 10.6 Å². The lowest BCUT2D eigenvalue weighted by molar-refractivity contribution is -0.119. The van der Waals surface area contributed by atoms with E-state index in [4.69, 9.17) is 4.74 Å². The van der Waals surface area contributed by atoms with Crippen LogP contribution in [0.15, 0.2) is 0 Å². The Bertz CT molecular complexity index is 342. The number of nitrogens with one attached hydrogen (secondary N) is 2. The van der Waals surface area contributed by atoms with Gasteiger partial charge in [0, 0.05) is 38.7 Å². The van der Waals surface area contributed by atoms with Gasteiger partial charge in [-0.15, -0.1) is 0 Å². The van der Waals surface area contributed by atoms with Crippen molar-refractivity contribution in [3.63, 3.8) is 0 Å². The third-order valence-corrected chi connectivity index (χ3v) is 3.71. The van der Waals surface area contributed by atoms with Crippen LogP contribution in [0.4, 0.5) is 4.79 Å². The molecule has 1 aliphatic heterocycles. The van der Waals surface area contributed by atoms with Gasteiger partial charge in [-0.25, -0.2) is 4.79 Å². The molecule has 3 amide bonds. The Labute approximate surface area is 113 Å². The number of ether oxygens (including phenoxy) is 1. The molecule has 1 saturated carbocycles. The quantitative estimate of drug-likeness (QED) is 0.779. The van der Waals surface area contributed by atoms with Crippen molar-refractivity contribution in [2.45, 2.75) is 51.3 Å². The van der Waals surface area contributed by atoms with Crippen LogP contribution in [0.25, 0.3) is 0 Å². The highest BCUT2D eigenvalue weighted by Gasteiger charge is 2.33. The molecule has 1 heterocycles. The van der Waals surface area contributed by atoms with Crippen LogP contribution in [0.2, 0.25) is 0 Å². The van der Waals surface area contributed by atoms with Crippen LogP contribution in [0, 0.1) is 0 Å². The molecule has 0 bridgehead atoms. The number of rotatable bonds is 4. The molecule has 0 aromatic rings. The van der Waals surface area contributed by atoms with Crippen LogP contribution >= 0.6 is 0 Å². The SMILES string of the molecule is CCOC1CC(NC(=O)N2CCC(NC(C)=O)C2)C1. The summed E-state index contributed by atoms with van der Waals surface area (Å²) in [5.41, 5.74) is 0. The first-order chi connectivity index (χ1) is 9.08. The van der Waals surface area contributed by atoms with Crippen molar-refractivity contribution in [1.29, 1.82) is 0 Å². The van der Waals surface area contributed by atoms with E-state index < -0.39 is 0 Å². The van der Waals surface area contributed by atoms with E-state index in [9.17, 15) is 9.59 Å². The Hall–Kier alpha value is -1.30. The molecule has 6 nitrogen and oxygen atoms in total. The summed E-state index contributed by atoms with van der Waals surface area (Å²) in [7, 11) is 0. The molecule has 108 valence electrons. The van der Waals surface area contributed by atoms with Gasteiger partial charge in [0.05, 0.1) is 6.10 Å². The van der Waals surface area contributed by atoms with E-state index >= 15 is 0 Å². The van der Waals surface area contributed by atoms with Crippen molar-refractivity contribution in [3.05, 3.63) is 0 Å². The summed E-state index contributed by atoms with van der Waals surface area (Å²) in [6, 6.07) is 0.317. The standard InChI is InChI=1S/C13H23N3O3/c1-3-19-12-6-11(7-12)15-13(18)16-5-4-10(8-16)14-9(2)17/h10-12H,3-8H2,1-2H3,(H,14,17)(H,15,18). The van der Waals surface area contributed by atoms with Gasteiger partial charge in [-0.2, -0.15) is 0 Å². The second-order valence-electron chi connectivity index (χ2n) is 5.33. The molecule has 6 heteroatoms. The van der Waals surface area contributed by atoms with Gasteiger partial charge in [-0.3, -0.25) is 4.79 Å². The van der Waals surface area contributed by atoms with Crippen molar-refractivity contribution in [3.8, 4) is 0 Å². The van der Waals surface area contributed by atoms with Gasteiger partial charge < -0.3 is 20.3 Å². The number of urea groups is 1. The molecular formula is C13H23N3O3. The summed E-state index contributed by atoms with van der Waals surface area (Å²) in [4.78, 5) is 24.7. The minimum Gasteiger partial charge on any atom is -0.378 e. The van der Waals surface area contributed by atoms with E-state index in [1.165, 1.54) is 6.92 Å². The van der Waals surface area contributed by atoms with E-state index in [1.54, 1.807) is 4.90 Å². The monoisotopic (exact) mass is 269 g/mol. The molecule has 19 heavy (non-hydrogen) atoms. The van der Waals surface area contributed by atoms with Crippen molar-refractivity contribution in [1.82, 2.24) is 15.5 Å². The molecule has 1 saturated heterocycles. The van der Waals surface area contributed by atoms with Crippen molar-refractivity contribution < 1.29 is 14.3 Å². The lowest BCUT2D eigenvalue weighted by atomic mass is 9.89. The van der Waals surface area contributed by atoms with Crippen molar-refractivity contribution in [2.24, 2.45) is 0 Å². The molecule has 0 aromatic carbocycles. The summed E-state index contributed by atoms with van der Waals surface area (Å²) in [5.74, 6) is -0.0363. The third kappa shape index (κ3) is 3.83. The van der Waals surface area contributed by atoms with Gasteiger partial charge in [0.25, 0.3) is 0 Å². The summed E-state index contributed by atoms with van der Waals surface area (Å²) in [6.45, 7) is 5.53. The first-order valence-electron chi connectivity index (χ1n) is 7.02. The average molecular weight is 269 g/mol. The Balaban J connectivity index is 1.66. The summed E-state index contributed by atoms with van der Waals surface area (Å²) in [5, 5.41) is 5.87. The molecule has 0 aromatic heterocycles. The number of nitrogens with zero attached hydrogens (tertiary/aromatic N) is 1. The number of hydrogen-bond donors (Lipinski definition) is 2. The van der Waals surface area contributed by atoms with Gasteiger partial charge in [-0.05, 0) is 26.2 Å². The molecular weight excluding hydrogens is 246 g/mol. The smallest absolute Gasteiger partial charge is 0.317 e.